The van der Waals surface area contributed by atoms with E-state index in [9.17, 15) is 4.79 Å². The van der Waals surface area contributed by atoms with Gasteiger partial charge in [-0.25, -0.2) is 19.3 Å². The Bertz CT molecular complexity index is 1540. The number of nitrogens with zero attached hydrogens (tertiary/aromatic N) is 6. The Labute approximate surface area is 210 Å². The van der Waals surface area contributed by atoms with Crippen LogP contribution >= 0.6 is 23.2 Å². The average molecular weight is 507 g/mol. The number of hydrogen-bond acceptors (Lipinski definition) is 6. The Kier molecular flexibility index (Phi) is 6.10. The van der Waals surface area contributed by atoms with Gasteiger partial charge in [-0.05, 0) is 43.7 Å². The van der Waals surface area contributed by atoms with Crippen LogP contribution in [0.25, 0.3) is 16.7 Å². The molecule has 3 aromatic heterocycles. The van der Waals surface area contributed by atoms with Gasteiger partial charge < -0.3 is 10.6 Å². The van der Waals surface area contributed by atoms with Crippen molar-refractivity contribution in [1.82, 2.24) is 29.5 Å². The minimum atomic E-state index is -0.239. The van der Waals surface area contributed by atoms with E-state index in [0.717, 1.165) is 11.3 Å². The lowest BCUT2D eigenvalue weighted by Crippen LogP contribution is -2.15. The Morgan fingerprint density at radius 1 is 1.06 bits per heavy atom. The number of aromatic nitrogens is 6. The van der Waals surface area contributed by atoms with Crippen molar-refractivity contribution in [3.05, 3.63) is 82.4 Å². The summed E-state index contributed by atoms with van der Waals surface area (Å²) in [5, 5.41) is 16.4. The molecule has 2 N–H and O–H groups in total. The number of benzene rings is 2. The van der Waals surface area contributed by atoms with Crippen molar-refractivity contribution in [3.63, 3.8) is 0 Å². The predicted molar refractivity (Wildman–Crippen MR) is 137 cm³/mol. The number of aryl methyl sites for hydroxylation is 2. The second-order valence-corrected chi connectivity index (χ2v) is 8.54. The number of carbonyl (C=O) groups excluding carboxylic acids is 1. The fourth-order valence-corrected chi connectivity index (χ4v) is 4.26. The summed E-state index contributed by atoms with van der Waals surface area (Å²) in [6.45, 7) is 4.56. The molecule has 3 heterocycles. The van der Waals surface area contributed by atoms with Gasteiger partial charge in [0.05, 0.1) is 27.8 Å². The van der Waals surface area contributed by atoms with Gasteiger partial charge in [0.25, 0.3) is 5.91 Å². The predicted octanol–water partition coefficient (Wildman–Crippen LogP) is 5.64. The van der Waals surface area contributed by atoms with Gasteiger partial charge in [-0.2, -0.15) is 10.2 Å². The van der Waals surface area contributed by atoms with E-state index >= 15 is 0 Å². The smallest absolute Gasteiger partial charge is 0.256 e. The zero-order valence-electron chi connectivity index (χ0n) is 18.8. The van der Waals surface area contributed by atoms with E-state index in [1.54, 1.807) is 58.2 Å². The van der Waals surface area contributed by atoms with E-state index in [4.69, 9.17) is 23.2 Å². The largest absolute Gasteiger partial charge is 0.339 e. The number of para-hydroxylation sites is 1. The van der Waals surface area contributed by atoms with Gasteiger partial charge in [0.15, 0.2) is 5.65 Å². The standard InChI is InChI=1S/C24H20Cl2N8O/c1-3-33-20(9-10-29-33)32-24(35)15-8-7-14(2)19(11-15)31-22-16-12-30-34(23(16)28-13-27-22)21-17(25)5-4-6-18(21)26/h4-13H,3H2,1-2H3,(H,32,35)(H,27,28,31). The number of hydrogen-bond donors (Lipinski definition) is 2. The van der Waals surface area contributed by atoms with E-state index in [0.29, 0.717) is 50.5 Å². The Balaban J connectivity index is 1.48. The summed E-state index contributed by atoms with van der Waals surface area (Å²) in [5.74, 6) is 0.933. The first-order chi connectivity index (χ1) is 17.0. The summed E-state index contributed by atoms with van der Waals surface area (Å²) < 4.78 is 3.30. The summed E-state index contributed by atoms with van der Waals surface area (Å²) in [7, 11) is 0. The maximum absolute atomic E-state index is 12.9. The second kappa shape index (κ2) is 9.36. The molecular weight excluding hydrogens is 487 g/mol. The number of amides is 1. The van der Waals surface area contributed by atoms with Crippen LogP contribution in [0.2, 0.25) is 10.0 Å². The normalized spacial score (nSPS) is 11.1. The molecule has 0 saturated carbocycles. The Hall–Kier alpha value is -3.95. The highest BCUT2D eigenvalue weighted by atomic mass is 35.5. The lowest BCUT2D eigenvalue weighted by Gasteiger charge is -2.12. The summed E-state index contributed by atoms with van der Waals surface area (Å²) in [6.07, 6.45) is 4.73. The fraction of sp³-hybridized carbons (Fsp3) is 0.125. The number of carbonyl (C=O) groups is 1. The average Bonchev–Trinajstić information content (AvgIpc) is 3.48. The van der Waals surface area contributed by atoms with Crippen LogP contribution in [0.1, 0.15) is 22.8 Å². The molecule has 2 aromatic carbocycles. The maximum Gasteiger partial charge on any atom is 0.256 e. The van der Waals surface area contributed by atoms with Crippen LogP contribution < -0.4 is 10.6 Å². The molecular formula is C24H20Cl2N8O. The molecule has 1 amide bonds. The first-order valence-electron chi connectivity index (χ1n) is 10.8. The van der Waals surface area contributed by atoms with Gasteiger partial charge in [0, 0.05) is 23.9 Å². The Morgan fingerprint density at radius 2 is 1.86 bits per heavy atom. The van der Waals surface area contributed by atoms with Crippen molar-refractivity contribution < 1.29 is 4.79 Å². The van der Waals surface area contributed by atoms with Crippen molar-refractivity contribution in [1.29, 1.82) is 0 Å². The van der Waals surface area contributed by atoms with Gasteiger partial charge in [0.1, 0.15) is 23.7 Å². The highest BCUT2D eigenvalue weighted by Gasteiger charge is 2.17. The molecule has 5 rings (SSSR count). The van der Waals surface area contributed by atoms with Crippen molar-refractivity contribution in [2.24, 2.45) is 0 Å². The molecule has 11 heteroatoms. The van der Waals surface area contributed by atoms with E-state index < -0.39 is 0 Å². The monoisotopic (exact) mass is 506 g/mol. The zero-order chi connectivity index (χ0) is 24.5. The molecule has 0 aliphatic heterocycles. The van der Waals surface area contributed by atoms with E-state index in [1.807, 2.05) is 19.9 Å². The molecule has 0 unspecified atom stereocenters. The summed E-state index contributed by atoms with van der Waals surface area (Å²) in [4.78, 5) is 21.7. The number of anilines is 3. The lowest BCUT2D eigenvalue weighted by molar-refractivity contribution is 0.102. The van der Waals surface area contributed by atoms with Crippen LogP contribution in [0, 0.1) is 6.92 Å². The van der Waals surface area contributed by atoms with Crippen LogP contribution in [0.15, 0.2) is 61.2 Å². The van der Waals surface area contributed by atoms with E-state index in [2.05, 4.69) is 30.8 Å². The quantitative estimate of drug-likeness (QED) is 0.308. The molecule has 176 valence electrons. The van der Waals surface area contributed by atoms with Crippen LogP contribution in [-0.4, -0.2) is 35.4 Å². The molecule has 0 atom stereocenters. The van der Waals surface area contributed by atoms with Gasteiger partial charge in [-0.1, -0.05) is 35.3 Å². The highest BCUT2D eigenvalue weighted by molar-refractivity contribution is 6.37. The van der Waals surface area contributed by atoms with Gasteiger partial charge in [-0.15, -0.1) is 0 Å². The molecule has 5 aromatic rings. The molecule has 0 aliphatic rings. The first kappa shape index (κ1) is 22.8. The second-order valence-electron chi connectivity index (χ2n) is 7.73. The molecule has 35 heavy (non-hydrogen) atoms. The van der Waals surface area contributed by atoms with Gasteiger partial charge in [0.2, 0.25) is 0 Å². The van der Waals surface area contributed by atoms with E-state index in [1.165, 1.54) is 6.33 Å². The maximum atomic E-state index is 12.9. The summed E-state index contributed by atoms with van der Waals surface area (Å²) in [6, 6.07) is 12.4. The number of fused-ring (bicyclic) bond motifs is 1. The fourth-order valence-electron chi connectivity index (χ4n) is 3.70. The number of halogens is 2. The highest BCUT2D eigenvalue weighted by Crippen LogP contribution is 2.32. The Morgan fingerprint density at radius 3 is 2.63 bits per heavy atom. The van der Waals surface area contributed by atoms with Gasteiger partial charge >= 0.3 is 0 Å². The van der Waals surface area contributed by atoms with Gasteiger partial charge in [-0.3, -0.25) is 4.79 Å². The molecule has 0 fully saturated rings. The first-order valence-corrected chi connectivity index (χ1v) is 11.6. The molecule has 0 bridgehead atoms. The third-order valence-electron chi connectivity index (χ3n) is 5.53. The minimum absolute atomic E-state index is 0.239. The molecule has 0 aliphatic carbocycles. The van der Waals surface area contributed by atoms with Crippen LogP contribution in [0.5, 0.6) is 0 Å². The third-order valence-corrected chi connectivity index (χ3v) is 6.14. The van der Waals surface area contributed by atoms with Crippen LogP contribution in [0.3, 0.4) is 0 Å². The van der Waals surface area contributed by atoms with Crippen molar-refractivity contribution >= 4 is 57.5 Å². The minimum Gasteiger partial charge on any atom is -0.339 e. The zero-order valence-corrected chi connectivity index (χ0v) is 20.3. The lowest BCUT2D eigenvalue weighted by atomic mass is 10.1. The van der Waals surface area contributed by atoms with E-state index in [-0.39, 0.29) is 5.91 Å². The molecule has 0 radical (unpaired) electrons. The number of nitrogens with one attached hydrogen (secondary N) is 2. The summed E-state index contributed by atoms with van der Waals surface area (Å²) >= 11 is 12.8. The van der Waals surface area contributed by atoms with Crippen LogP contribution in [-0.2, 0) is 6.54 Å². The topological polar surface area (TPSA) is 103 Å². The van der Waals surface area contributed by atoms with Crippen molar-refractivity contribution in [2.45, 2.75) is 20.4 Å². The SMILES string of the molecule is CCn1nccc1NC(=O)c1ccc(C)c(Nc2ncnc3c2cnn3-c2c(Cl)cccc2Cl)c1. The van der Waals surface area contributed by atoms with Crippen molar-refractivity contribution in [2.75, 3.05) is 10.6 Å². The van der Waals surface area contributed by atoms with Crippen LogP contribution in [0.4, 0.5) is 17.3 Å². The molecule has 0 saturated heterocycles. The van der Waals surface area contributed by atoms with Crippen molar-refractivity contribution in [3.8, 4) is 5.69 Å². The molecule has 0 spiro atoms. The molecule has 9 nitrogen and oxygen atoms in total. The number of rotatable bonds is 6. The summed E-state index contributed by atoms with van der Waals surface area (Å²) in [5.41, 5.74) is 3.23. The third kappa shape index (κ3) is 4.31.